The zero-order chi connectivity index (χ0) is 12.8. The van der Waals surface area contributed by atoms with Crippen LogP contribution in [0.1, 0.15) is 30.3 Å². The van der Waals surface area contributed by atoms with Gasteiger partial charge in [-0.3, -0.25) is 0 Å². The third-order valence-electron chi connectivity index (χ3n) is 4.06. The number of benzene rings is 1. The van der Waals surface area contributed by atoms with Crippen LogP contribution in [-0.2, 0) is 0 Å². The van der Waals surface area contributed by atoms with Crippen LogP contribution in [0.15, 0.2) is 18.2 Å². The Kier molecular flexibility index (Phi) is 2.64. The fourth-order valence-corrected chi connectivity index (χ4v) is 2.81. The van der Waals surface area contributed by atoms with Crippen LogP contribution in [0.3, 0.4) is 0 Å². The number of nitrogens with zero attached hydrogens (tertiary/aromatic N) is 1. The molecular formula is C14H20N4. The van der Waals surface area contributed by atoms with Gasteiger partial charge in [-0.05, 0) is 44.5 Å². The van der Waals surface area contributed by atoms with Gasteiger partial charge >= 0.3 is 0 Å². The van der Waals surface area contributed by atoms with Crippen molar-refractivity contribution in [1.29, 1.82) is 0 Å². The number of H-pyrrole nitrogens is 1. The van der Waals surface area contributed by atoms with E-state index in [2.05, 4.69) is 33.5 Å². The highest BCUT2D eigenvalue weighted by Gasteiger charge is 2.47. The molecule has 0 saturated heterocycles. The number of fused-ring (bicyclic) bond motifs is 1. The van der Waals surface area contributed by atoms with Crippen LogP contribution in [0.25, 0.3) is 11.0 Å². The van der Waals surface area contributed by atoms with Crippen molar-refractivity contribution in [3.8, 4) is 0 Å². The number of aromatic nitrogens is 2. The minimum atomic E-state index is 0.109. The lowest BCUT2D eigenvalue weighted by Crippen LogP contribution is -2.31. The topological polar surface area (TPSA) is 66.7 Å². The lowest BCUT2D eigenvalue weighted by Gasteiger charge is -2.23. The first-order chi connectivity index (χ1) is 8.64. The van der Waals surface area contributed by atoms with Crippen LogP contribution in [0, 0.1) is 12.3 Å². The zero-order valence-electron chi connectivity index (χ0n) is 11.0. The Morgan fingerprint density at radius 3 is 2.94 bits per heavy atom. The number of nitrogens with one attached hydrogen (secondary N) is 2. The molecule has 4 heteroatoms. The minimum absolute atomic E-state index is 0.109. The van der Waals surface area contributed by atoms with E-state index in [1.807, 2.05) is 14.0 Å². The van der Waals surface area contributed by atoms with Gasteiger partial charge in [-0.1, -0.05) is 6.07 Å². The normalized spacial score (nSPS) is 19.1. The molecule has 0 bridgehead atoms. The Balaban J connectivity index is 1.94. The Morgan fingerprint density at radius 2 is 2.28 bits per heavy atom. The van der Waals surface area contributed by atoms with E-state index in [4.69, 9.17) is 5.73 Å². The molecule has 1 fully saturated rings. The van der Waals surface area contributed by atoms with E-state index >= 15 is 0 Å². The number of aromatic amines is 1. The molecule has 1 atom stereocenters. The first-order valence-corrected chi connectivity index (χ1v) is 6.51. The highest BCUT2D eigenvalue weighted by molar-refractivity contribution is 5.76. The Labute approximate surface area is 107 Å². The predicted octanol–water partition coefficient (Wildman–Crippen LogP) is 1.87. The van der Waals surface area contributed by atoms with Crippen molar-refractivity contribution >= 4 is 11.0 Å². The molecule has 1 unspecified atom stereocenters. The summed E-state index contributed by atoms with van der Waals surface area (Å²) in [5, 5.41) is 3.26. The summed E-state index contributed by atoms with van der Waals surface area (Å²) in [6, 6.07) is 6.43. The summed E-state index contributed by atoms with van der Waals surface area (Å²) >= 11 is 0. The summed E-state index contributed by atoms with van der Waals surface area (Å²) in [7, 11) is 1.99. The van der Waals surface area contributed by atoms with Crippen LogP contribution >= 0.6 is 0 Å². The number of hydrogen-bond acceptors (Lipinski definition) is 3. The van der Waals surface area contributed by atoms with Crippen molar-refractivity contribution < 1.29 is 0 Å². The second kappa shape index (κ2) is 4.07. The van der Waals surface area contributed by atoms with Crippen molar-refractivity contribution in [2.45, 2.75) is 25.8 Å². The van der Waals surface area contributed by atoms with Gasteiger partial charge in [0.15, 0.2) is 0 Å². The van der Waals surface area contributed by atoms with Gasteiger partial charge in [-0.2, -0.15) is 0 Å². The molecule has 4 N–H and O–H groups in total. The summed E-state index contributed by atoms with van der Waals surface area (Å²) in [5.74, 6) is 0.951. The number of hydrogen-bond donors (Lipinski definition) is 3. The maximum absolute atomic E-state index is 6.44. The van der Waals surface area contributed by atoms with Crippen molar-refractivity contribution in [2.24, 2.45) is 11.1 Å². The zero-order valence-corrected chi connectivity index (χ0v) is 11.0. The van der Waals surface area contributed by atoms with Gasteiger partial charge in [0.05, 0.1) is 11.0 Å². The maximum atomic E-state index is 6.44. The maximum Gasteiger partial charge on any atom is 0.104 e. The molecule has 2 aromatic rings. The van der Waals surface area contributed by atoms with Crippen molar-refractivity contribution in [1.82, 2.24) is 15.3 Å². The summed E-state index contributed by atoms with van der Waals surface area (Å²) < 4.78 is 0. The molecule has 1 heterocycles. The van der Waals surface area contributed by atoms with Gasteiger partial charge in [-0.15, -0.1) is 0 Å². The van der Waals surface area contributed by atoms with Crippen LogP contribution in [0.2, 0.25) is 0 Å². The van der Waals surface area contributed by atoms with E-state index in [1.165, 1.54) is 18.4 Å². The Bertz CT molecular complexity index is 568. The first-order valence-electron chi connectivity index (χ1n) is 6.51. The Hall–Kier alpha value is -1.39. The molecular weight excluding hydrogens is 224 g/mol. The quantitative estimate of drug-likeness (QED) is 0.769. The van der Waals surface area contributed by atoms with Crippen LogP contribution in [0.5, 0.6) is 0 Å². The molecule has 0 radical (unpaired) electrons. The minimum Gasteiger partial charge on any atom is -0.342 e. The van der Waals surface area contributed by atoms with Crippen molar-refractivity contribution in [3.05, 3.63) is 29.6 Å². The van der Waals surface area contributed by atoms with Crippen molar-refractivity contribution in [2.75, 3.05) is 13.6 Å². The van der Waals surface area contributed by atoms with Crippen molar-refractivity contribution in [3.63, 3.8) is 0 Å². The smallest absolute Gasteiger partial charge is 0.104 e. The van der Waals surface area contributed by atoms with Crippen LogP contribution < -0.4 is 11.1 Å². The summed E-state index contributed by atoms with van der Waals surface area (Å²) in [4.78, 5) is 7.69. The molecule has 18 heavy (non-hydrogen) atoms. The molecule has 1 aliphatic rings. The summed E-state index contributed by atoms with van der Waals surface area (Å²) in [5.41, 5.74) is 10.0. The van der Waals surface area contributed by atoms with Gasteiger partial charge in [0, 0.05) is 18.0 Å². The van der Waals surface area contributed by atoms with Gasteiger partial charge < -0.3 is 16.0 Å². The van der Waals surface area contributed by atoms with E-state index < -0.39 is 0 Å². The highest BCUT2D eigenvalue weighted by atomic mass is 14.9. The highest BCUT2D eigenvalue weighted by Crippen LogP contribution is 2.53. The molecule has 0 spiro atoms. The molecule has 96 valence electrons. The average Bonchev–Trinajstić information content (AvgIpc) is 3.02. The standard InChI is InChI=1S/C14H20N4/c1-9-17-11-4-3-10(7-12(11)18-9)13(15)14(5-6-14)8-16-2/h3-4,7,13,16H,5-6,8,15H2,1-2H3,(H,17,18). The van der Waals surface area contributed by atoms with Crippen LogP contribution in [-0.4, -0.2) is 23.6 Å². The molecule has 1 saturated carbocycles. The molecule has 1 aromatic carbocycles. The second-order valence-electron chi connectivity index (χ2n) is 5.47. The van der Waals surface area contributed by atoms with Gasteiger partial charge in [0.2, 0.25) is 0 Å². The molecule has 1 aliphatic carbocycles. The fourth-order valence-electron chi connectivity index (χ4n) is 2.81. The largest absolute Gasteiger partial charge is 0.342 e. The van der Waals surface area contributed by atoms with E-state index in [0.717, 1.165) is 23.4 Å². The summed E-state index contributed by atoms with van der Waals surface area (Å²) in [6.45, 7) is 2.97. The molecule has 0 aliphatic heterocycles. The van der Waals surface area contributed by atoms with E-state index in [9.17, 15) is 0 Å². The Morgan fingerprint density at radius 1 is 1.50 bits per heavy atom. The monoisotopic (exact) mass is 244 g/mol. The summed E-state index contributed by atoms with van der Waals surface area (Å²) in [6.07, 6.45) is 2.43. The number of rotatable bonds is 4. The average molecular weight is 244 g/mol. The van der Waals surface area contributed by atoms with E-state index in [0.29, 0.717) is 0 Å². The second-order valence-corrected chi connectivity index (χ2v) is 5.47. The van der Waals surface area contributed by atoms with Gasteiger partial charge in [-0.25, -0.2) is 4.98 Å². The van der Waals surface area contributed by atoms with Crippen LogP contribution in [0.4, 0.5) is 0 Å². The number of imidazole rings is 1. The number of nitrogens with two attached hydrogens (primary N) is 1. The lowest BCUT2D eigenvalue weighted by atomic mass is 9.90. The fraction of sp³-hybridized carbons (Fsp3) is 0.500. The number of aryl methyl sites for hydroxylation is 1. The first kappa shape index (κ1) is 11.7. The predicted molar refractivity (Wildman–Crippen MR) is 73.4 cm³/mol. The SMILES string of the molecule is CNCC1(C(N)c2ccc3nc(C)[nH]c3c2)CC1. The third-order valence-corrected chi connectivity index (χ3v) is 4.06. The molecule has 1 aromatic heterocycles. The van der Waals surface area contributed by atoms with E-state index in [1.54, 1.807) is 0 Å². The van der Waals surface area contributed by atoms with E-state index in [-0.39, 0.29) is 11.5 Å². The molecule has 4 nitrogen and oxygen atoms in total. The lowest BCUT2D eigenvalue weighted by molar-refractivity contribution is 0.392. The third kappa shape index (κ3) is 1.82. The van der Waals surface area contributed by atoms with Gasteiger partial charge in [0.25, 0.3) is 0 Å². The molecule has 3 rings (SSSR count). The molecule has 0 amide bonds. The van der Waals surface area contributed by atoms with Gasteiger partial charge in [0.1, 0.15) is 5.82 Å².